The largest absolute Gasteiger partial charge is 0.421 e. The first kappa shape index (κ1) is 29.9. The van der Waals surface area contributed by atoms with Crippen LogP contribution in [0.15, 0.2) is 52.0 Å². The molecule has 0 radical (unpaired) electrons. The molecule has 0 aliphatic carbocycles. The van der Waals surface area contributed by atoms with Crippen LogP contribution in [0.3, 0.4) is 0 Å². The third-order valence-electron chi connectivity index (χ3n) is 9.61. The number of sulfonamides is 1. The summed E-state index contributed by atoms with van der Waals surface area (Å²) in [5.41, 5.74) is 4.31. The normalized spacial score (nSPS) is 19.2. The van der Waals surface area contributed by atoms with E-state index in [-0.39, 0.29) is 22.4 Å². The van der Waals surface area contributed by atoms with Gasteiger partial charge in [-0.25, -0.2) is 17.8 Å². The van der Waals surface area contributed by atoms with Gasteiger partial charge in [0.15, 0.2) is 0 Å². The Kier molecular flexibility index (Phi) is 7.39. The molecule has 0 saturated carbocycles. The molecule has 47 heavy (non-hydrogen) atoms. The molecule has 1 aromatic carbocycles. The van der Waals surface area contributed by atoms with Crippen LogP contribution in [0.2, 0.25) is 0 Å². The van der Waals surface area contributed by atoms with Crippen LogP contribution in [0, 0.1) is 30.0 Å². The van der Waals surface area contributed by atoms with Gasteiger partial charge in [0, 0.05) is 62.1 Å². The number of pyridine rings is 2. The minimum atomic E-state index is -3.86. The number of halogens is 1. The Bertz CT molecular complexity index is 2180. The summed E-state index contributed by atoms with van der Waals surface area (Å²) in [5, 5.41) is 18.4. The summed E-state index contributed by atoms with van der Waals surface area (Å²) in [7, 11) is -3.86. The topological polar surface area (TPSA) is 140 Å². The van der Waals surface area contributed by atoms with Crippen molar-refractivity contribution in [1.82, 2.24) is 29.0 Å². The van der Waals surface area contributed by atoms with Crippen molar-refractivity contribution < 1.29 is 22.0 Å². The first-order chi connectivity index (χ1) is 22.8. The number of aryl methyl sites for hydroxylation is 2. The Hall–Kier alpha value is -4.51. The summed E-state index contributed by atoms with van der Waals surface area (Å²) >= 11 is 0. The van der Waals surface area contributed by atoms with Gasteiger partial charge in [0.2, 0.25) is 21.8 Å². The summed E-state index contributed by atoms with van der Waals surface area (Å²) in [6.07, 6.45) is 8.51. The smallest absolute Gasteiger partial charge is 0.250 e. The van der Waals surface area contributed by atoms with Crippen molar-refractivity contribution in [1.29, 1.82) is 5.26 Å². The highest BCUT2D eigenvalue weighted by Gasteiger charge is 2.49. The molecule has 0 bridgehead atoms. The lowest BCUT2D eigenvalue weighted by Crippen LogP contribution is -2.23. The van der Waals surface area contributed by atoms with Crippen LogP contribution >= 0.6 is 0 Å². The number of hydrogen-bond acceptors (Lipinski definition) is 9. The molecule has 11 nitrogen and oxygen atoms in total. The SMILES string of the molecule is Cc1nnc(-c2c(CCC3CCOCC3)nc3c(c2-c2cnc4c(ccn4Cc4ccc(C#N)c(F)c4)c2)S(=O)(=O)N2CCC[C@H]32)o1. The van der Waals surface area contributed by atoms with Crippen molar-refractivity contribution >= 4 is 21.1 Å². The van der Waals surface area contributed by atoms with Crippen LogP contribution in [0.4, 0.5) is 4.39 Å². The Labute approximate surface area is 271 Å². The molecule has 240 valence electrons. The summed E-state index contributed by atoms with van der Waals surface area (Å²) in [4.78, 5) is 10.1. The zero-order valence-electron chi connectivity index (χ0n) is 25.8. The van der Waals surface area contributed by atoms with Gasteiger partial charge in [-0.05, 0) is 74.3 Å². The van der Waals surface area contributed by atoms with Gasteiger partial charge in [-0.2, -0.15) is 9.57 Å². The average Bonchev–Trinajstić information content (AvgIpc) is 3.86. The molecule has 0 spiro atoms. The van der Waals surface area contributed by atoms with Crippen LogP contribution in [0.5, 0.6) is 0 Å². The van der Waals surface area contributed by atoms with E-state index in [4.69, 9.17) is 24.4 Å². The minimum Gasteiger partial charge on any atom is -0.421 e. The van der Waals surface area contributed by atoms with Crippen LogP contribution in [0.25, 0.3) is 33.6 Å². The summed E-state index contributed by atoms with van der Waals surface area (Å²) in [6.45, 7) is 3.98. The van der Waals surface area contributed by atoms with Crippen molar-refractivity contribution in [3.63, 3.8) is 0 Å². The fourth-order valence-corrected chi connectivity index (χ4v) is 9.36. The molecule has 7 heterocycles. The third-order valence-corrected chi connectivity index (χ3v) is 11.6. The lowest BCUT2D eigenvalue weighted by Gasteiger charge is -2.23. The number of aromatic nitrogens is 5. The highest BCUT2D eigenvalue weighted by Crippen LogP contribution is 2.51. The number of ether oxygens (including phenoxy) is 1. The zero-order chi connectivity index (χ0) is 32.3. The van der Waals surface area contributed by atoms with Crippen LogP contribution < -0.4 is 0 Å². The van der Waals surface area contributed by atoms with Gasteiger partial charge in [-0.3, -0.25) is 4.98 Å². The Morgan fingerprint density at radius 1 is 1.11 bits per heavy atom. The van der Waals surface area contributed by atoms with E-state index >= 15 is 0 Å². The number of rotatable bonds is 7. The maximum atomic E-state index is 14.3. The number of hydrogen-bond donors (Lipinski definition) is 0. The third kappa shape index (κ3) is 5.11. The maximum Gasteiger partial charge on any atom is 0.250 e. The van der Waals surface area contributed by atoms with Gasteiger partial charge in [0.05, 0.1) is 28.6 Å². The van der Waals surface area contributed by atoms with E-state index in [1.165, 1.54) is 12.1 Å². The minimum absolute atomic E-state index is 0.00597. The van der Waals surface area contributed by atoms with Gasteiger partial charge in [0.25, 0.3) is 0 Å². The van der Waals surface area contributed by atoms with Gasteiger partial charge < -0.3 is 13.7 Å². The molecular weight excluding hydrogens is 621 g/mol. The molecule has 5 aromatic rings. The summed E-state index contributed by atoms with van der Waals surface area (Å²) in [6, 6.07) is 9.93. The van der Waals surface area contributed by atoms with Crippen molar-refractivity contribution in [2.75, 3.05) is 19.8 Å². The predicted molar refractivity (Wildman–Crippen MR) is 169 cm³/mol. The van der Waals surface area contributed by atoms with Crippen LogP contribution in [-0.2, 0) is 27.7 Å². The number of fused-ring (bicyclic) bond motifs is 4. The maximum absolute atomic E-state index is 14.3. The Morgan fingerprint density at radius 3 is 2.72 bits per heavy atom. The van der Waals surface area contributed by atoms with Gasteiger partial charge in [-0.15, -0.1) is 10.2 Å². The van der Waals surface area contributed by atoms with Crippen molar-refractivity contribution in [2.45, 2.75) is 62.9 Å². The predicted octanol–water partition coefficient (Wildman–Crippen LogP) is 5.71. The summed E-state index contributed by atoms with van der Waals surface area (Å²) in [5.74, 6) is 0.516. The van der Waals surface area contributed by atoms with Crippen molar-refractivity contribution in [2.24, 2.45) is 5.92 Å². The Morgan fingerprint density at radius 2 is 1.96 bits per heavy atom. The molecule has 0 amide bonds. The number of nitriles is 1. The second-order valence-corrected chi connectivity index (χ2v) is 14.4. The van der Waals surface area contributed by atoms with Crippen LogP contribution in [0.1, 0.15) is 66.6 Å². The zero-order valence-corrected chi connectivity index (χ0v) is 26.6. The molecule has 2 fully saturated rings. The molecular formula is C34H32FN7O4S. The fraction of sp³-hybridized carbons (Fsp3) is 0.382. The molecule has 3 aliphatic heterocycles. The quantitative estimate of drug-likeness (QED) is 0.216. The number of benzene rings is 1. The molecule has 0 unspecified atom stereocenters. The van der Waals surface area contributed by atoms with E-state index in [0.717, 1.165) is 50.0 Å². The molecule has 3 aliphatic rings. The lowest BCUT2D eigenvalue weighted by atomic mass is 9.90. The van der Waals surface area contributed by atoms with E-state index in [0.29, 0.717) is 71.3 Å². The highest BCUT2D eigenvalue weighted by atomic mass is 32.2. The van der Waals surface area contributed by atoms with E-state index < -0.39 is 15.8 Å². The Balaban J connectivity index is 1.29. The van der Waals surface area contributed by atoms with Crippen molar-refractivity contribution in [3.05, 3.63) is 76.9 Å². The van der Waals surface area contributed by atoms with Gasteiger partial charge in [-0.1, -0.05) is 6.07 Å². The van der Waals surface area contributed by atoms with Gasteiger partial charge in [0.1, 0.15) is 22.4 Å². The summed E-state index contributed by atoms with van der Waals surface area (Å²) < 4.78 is 57.9. The second kappa shape index (κ2) is 11.6. The molecule has 13 heteroatoms. The first-order valence-corrected chi connectivity index (χ1v) is 17.4. The van der Waals surface area contributed by atoms with Gasteiger partial charge >= 0.3 is 0 Å². The molecule has 8 rings (SSSR count). The standard InChI is InChI=1S/C34H32FN7O4S/c1-20-39-40-34(46-20)30-27(7-5-21-9-13-45-14-10-21)38-31-28-3-2-11-42(28)47(43,44)32(31)29(30)25-16-23-8-12-41(33(23)37-18-25)19-22-4-6-24(17-36)26(35)15-22/h4,6,8,12,15-16,18,21,28H,2-3,5,7,9-11,13-14,19H2,1H3/t28-/m1/s1. The first-order valence-electron chi connectivity index (χ1n) is 15.9. The van der Waals surface area contributed by atoms with E-state index in [9.17, 15) is 12.8 Å². The van der Waals surface area contributed by atoms with Crippen LogP contribution in [-0.4, -0.2) is 57.2 Å². The molecule has 2 saturated heterocycles. The van der Waals surface area contributed by atoms with E-state index in [1.807, 2.05) is 29.0 Å². The number of nitrogens with zero attached hydrogens (tertiary/aromatic N) is 7. The molecule has 1 atom stereocenters. The van der Waals surface area contributed by atoms with Crippen molar-refractivity contribution in [3.8, 4) is 28.7 Å². The monoisotopic (exact) mass is 653 g/mol. The molecule has 0 N–H and O–H groups in total. The lowest BCUT2D eigenvalue weighted by molar-refractivity contribution is 0.0639. The molecule has 4 aromatic heterocycles. The van der Waals surface area contributed by atoms with E-state index in [2.05, 4.69) is 10.2 Å². The van der Waals surface area contributed by atoms with E-state index in [1.54, 1.807) is 23.5 Å². The highest BCUT2D eigenvalue weighted by molar-refractivity contribution is 7.89. The second-order valence-electron chi connectivity index (χ2n) is 12.5. The average molecular weight is 654 g/mol. The fourth-order valence-electron chi connectivity index (χ4n) is 7.29.